The van der Waals surface area contributed by atoms with Crippen molar-refractivity contribution in [1.82, 2.24) is 0 Å². The Morgan fingerprint density at radius 1 is 1.11 bits per heavy atom. The SMILES string of the molecule is Cc1ccc(NC(=O)C2CC3CCCC(C2)C3N)cc1N1C(=O)CCC1=O. The molecule has 3 aliphatic rings. The molecular formula is C21H27N3O3. The van der Waals surface area contributed by atoms with Crippen molar-refractivity contribution in [1.29, 1.82) is 0 Å². The van der Waals surface area contributed by atoms with Gasteiger partial charge < -0.3 is 11.1 Å². The summed E-state index contributed by atoms with van der Waals surface area (Å²) in [5.41, 5.74) is 8.38. The van der Waals surface area contributed by atoms with Crippen molar-refractivity contribution < 1.29 is 14.4 Å². The normalized spacial score (nSPS) is 30.5. The van der Waals surface area contributed by atoms with Gasteiger partial charge in [0.1, 0.15) is 0 Å². The first-order valence-electron chi connectivity index (χ1n) is 9.97. The van der Waals surface area contributed by atoms with Crippen LogP contribution in [0.2, 0.25) is 0 Å². The Bertz CT molecular complexity index is 761. The van der Waals surface area contributed by atoms with Crippen molar-refractivity contribution in [3.63, 3.8) is 0 Å². The zero-order chi connectivity index (χ0) is 19.1. The minimum absolute atomic E-state index is 0.0140. The van der Waals surface area contributed by atoms with Gasteiger partial charge in [0.15, 0.2) is 0 Å². The van der Waals surface area contributed by atoms with Gasteiger partial charge in [-0.05, 0) is 62.1 Å². The maximum Gasteiger partial charge on any atom is 0.234 e. The van der Waals surface area contributed by atoms with E-state index in [-0.39, 0.29) is 42.5 Å². The number of imide groups is 1. The number of fused-ring (bicyclic) bond motifs is 2. The third kappa shape index (κ3) is 3.38. The van der Waals surface area contributed by atoms with Gasteiger partial charge >= 0.3 is 0 Å². The Morgan fingerprint density at radius 3 is 2.37 bits per heavy atom. The summed E-state index contributed by atoms with van der Waals surface area (Å²) in [7, 11) is 0. The minimum Gasteiger partial charge on any atom is -0.327 e. The molecule has 2 atom stereocenters. The Morgan fingerprint density at radius 2 is 1.74 bits per heavy atom. The van der Waals surface area contributed by atoms with E-state index in [0.717, 1.165) is 31.2 Å². The van der Waals surface area contributed by atoms with Gasteiger partial charge in [-0.2, -0.15) is 0 Å². The Labute approximate surface area is 159 Å². The maximum absolute atomic E-state index is 12.9. The van der Waals surface area contributed by atoms with Crippen LogP contribution in [0, 0.1) is 24.7 Å². The summed E-state index contributed by atoms with van der Waals surface area (Å²) in [5.74, 6) is 0.539. The molecule has 1 aromatic carbocycles. The first-order chi connectivity index (χ1) is 12.9. The zero-order valence-electron chi connectivity index (χ0n) is 15.7. The molecule has 1 aliphatic heterocycles. The summed E-state index contributed by atoms with van der Waals surface area (Å²) < 4.78 is 0. The molecule has 3 N–H and O–H groups in total. The second-order valence-corrected chi connectivity index (χ2v) is 8.31. The fourth-order valence-electron chi connectivity index (χ4n) is 5.02. The molecule has 0 aromatic heterocycles. The first-order valence-corrected chi connectivity index (χ1v) is 9.97. The molecule has 0 radical (unpaired) electrons. The van der Waals surface area contributed by atoms with Crippen LogP contribution >= 0.6 is 0 Å². The number of aryl methyl sites for hydroxylation is 1. The third-order valence-electron chi connectivity index (χ3n) is 6.55. The molecule has 2 aliphatic carbocycles. The highest BCUT2D eigenvalue weighted by molar-refractivity contribution is 6.20. The molecule has 4 rings (SSSR count). The largest absolute Gasteiger partial charge is 0.327 e. The molecule has 27 heavy (non-hydrogen) atoms. The van der Waals surface area contributed by atoms with Gasteiger partial charge in [-0.3, -0.25) is 19.3 Å². The molecule has 0 spiro atoms. The van der Waals surface area contributed by atoms with Crippen molar-refractivity contribution >= 4 is 29.1 Å². The number of rotatable bonds is 3. The average Bonchev–Trinajstić information content (AvgIpc) is 2.95. The predicted molar refractivity (Wildman–Crippen MR) is 103 cm³/mol. The van der Waals surface area contributed by atoms with Crippen molar-refractivity contribution in [2.75, 3.05) is 10.2 Å². The number of carbonyl (C=O) groups is 3. The summed E-state index contributed by atoms with van der Waals surface area (Å²) in [6.07, 6.45) is 5.66. The van der Waals surface area contributed by atoms with E-state index in [4.69, 9.17) is 5.73 Å². The van der Waals surface area contributed by atoms with Crippen molar-refractivity contribution in [3.05, 3.63) is 23.8 Å². The van der Waals surface area contributed by atoms with Gasteiger partial charge in [0.05, 0.1) is 5.69 Å². The van der Waals surface area contributed by atoms with Crippen molar-refractivity contribution in [2.45, 2.75) is 57.9 Å². The Kier molecular flexibility index (Phi) is 4.76. The van der Waals surface area contributed by atoms with E-state index < -0.39 is 0 Å². The number of hydrogen-bond donors (Lipinski definition) is 2. The lowest BCUT2D eigenvalue weighted by Crippen LogP contribution is -2.48. The van der Waals surface area contributed by atoms with Crippen LogP contribution in [0.4, 0.5) is 11.4 Å². The molecule has 3 fully saturated rings. The minimum atomic E-state index is -0.180. The zero-order valence-corrected chi connectivity index (χ0v) is 15.7. The molecule has 2 saturated carbocycles. The van der Waals surface area contributed by atoms with Crippen LogP contribution < -0.4 is 16.0 Å². The number of nitrogens with one attached hydrogen (secondary N) is 1. The molecule has 6 heteroatoms. The Hall–Kier alpha value is -2.21. The fraction of sp³-hybridized carbons (Fsp3) is 0.571. The molecule has 1 heterocycles. The van der Waals surface area contributed by atoms with Crippen LogP contribution in [0.1, 0.15) is 50.5 Å². The summed E-state index contributed by atoms with van der Waals surface area (Å²) in [6.45, 7) is 1.86. The van der Waals surface area contributed by atoms with Crippen LogP contribution in [0.5, 0.6) is 0 Å². The number of nitrogens with zero attached hydrogens (tertiary/aromatic N) is 1. The number of nitrogens with two attached hydrogens (primary N) is 1. The van der Waals surface area contributed by atoms with Crippen molar-refractivity contribution in [2.24, 2.45) is 23.5 Å². The van der Waals surface area contributed by atoms with E-state index in [1.807, 2.05) is 19.1 Å². The number of amides is 3. The summed E-state index contributed by atoms with van der Waals surface area (Å²) >= 11 is 0. The lowest BCUT2D eigenvalue weighted by Gasteiger charge is -2.43. The second-order valence-electron chi connectivity index (χ2n) is 8.31. The summed E-state index contributed by atoms with van der Waals surface area (Å²) in [4.78, 5) is 38.2. The second kappa shape index (κ2) is 7.08. The molecule has 144 valence electrons. The van der Waals surface area contributed by atoms with Gasteiger partial charge in [0.25, 0.3) is 0 Å². The van der Waals surface area contributed by atoms with Crippen LogP contribution in [-0.4, -0.2) is 23.8 Å². The highest BCUT2D eigenvalue weighted by Gasteiger charge is 2.40. The van der Waals surface area contributed by atoms with Gasteiger partial charge in [-0.15, -0.1) is 0 Å². The molecule has 3 amide bonds. The van der Waals surface area contributed by atoms with Crippen LogP contribution in [0.15, 0.2) is 18.2 Å². The van der Waals surface area contributed by atoms with E-state index in [2.05, 4.69) is 5.32 Å². The molecule has 2 unspecified atom stereocenters. The number of benzene rings is 1. The van der Waals surface area contributed by atoms with Gasteiger partial charge in [0.2, 0.25) is 17.7 Å². The fourth-order valence-corrected chi connectivity index (χ4v) is 5.02. The molecule has 6 nitrogen and oxygen atoms in total. The molecule has 1 aromatic rings. The van der Waals surface area contributed by atoms with Crippen molar-refractivity contribution in [3.8, 4) is 0 Å². The molecule has 1 saturated heterocycles. The molecule has 2 bridgehead atoms. The van der Waals surface area contributed by atoms with Gasteiger partial charge in [-0.25, -0.2) is 0 Å². The molecular weight excluding hydrogens is 342 g/mol. The average molecular weight is 369 g/mol. The van der Waals surface area contributed by atoms with E-state index in [1.54, 1.807) is 6.07 Å². The lowest BCUT2D eigenvalue weighted by molar-refractivity contribution is -0.123. The summed E-state index contributed by atoms with van der Waals surface area (Å²) in [5, 5.41) is 3.01. The number of anilines is 2. The highest BCUT2D eigenvalue weighted by atomic mass is 16.2. The van der Waals surface area contributed by atoms with Crippen LogP contribution in [-0.2, 0) is 14.4 Å². The van der Waals surface area contributed by atoms with E-state index in [0.29, 0.717) is 23.2 Å². The topological polar surface area (TPSA) is 92.5 Å². The monoisotopic (exact) mass is 369 g/mol. The first kappa shape index (κ1) is 18.2. The van der Waals surface area contributed by atoms with E-state index in [9.17, 15) is 14.4 Å². The third-order valence-corrected chi connectivity index (χ3v) is 6.55. The lowest BCUT2D eigenvalue weighted by atomic mass is 9.65. The summed E-state index contributed by atoms with van der Waals surface area (Å²) in [6, 6.07) is 5.65. The maximum atomic E-state index is 12.9. The smallest absolute Gasteiger partial charge is 0.234 e. The highest BCUT2D eigenvalue weighted by Crippen LogP contribution is 2.42. The standard InChI is InChI=1S/C21H27N3O3/c1-12-5-6-16(11-17(12)24-18(25)7-8-19(24)26)23-21(27)15-9-13-3-2-4-14(10-15)20(13)22/h5-6,11,13-15,20H,2-4,7-10,22H2,1H3,(H,23,27). The number of carbonyl (C=O) groups excluding carboxylic acids is 3. The van der Waals surface area contributed by atoms with Gasteiger partial charge in [-0.1, -0.05) is 12.5 Å². The number of hydrogen-bond acceptors (Lipinski definition) is 4. The predicted octanol–water partition coefficient (Wildman–Crippen LogP) is 2.74. The van der Waals surface area contributed by atoms with E-state index >= 15 is 0 Å². The van der Waals surface area contributed by atoms with Crippen LogP contribution in [0.25, 0.3) is 0 Å². The van der Waals surface area contributed by atoms with Crippen LogP contribution in [0.3, 0.4) is 0 Å². The Balaban J connectivity index is 1.50. The van der Waals surface area contributed by atoms with E-state index in [1.165, 1.54) is 11.3 Å². The van der Waals surface area contributed by atoms with Gasteiger partial charge in [0, 0.05) is 30.5 Å². The quantitative estimate of drug-likeness (QED) is 0.801.